The van der Waals surface area contributed by atoms with Crippen LogP contribution in [-0.2, 0) is 24.0 Å². The van der Waals surface area contributed by atoms with Gasteiger partial charge in [-0.2, -0.15) is 0 Å². The number of ether oxygens (including phenoxy) is 1. The Morgan fingerprint density at radius 3 is 2.39 bits per heavy atom. The number of carbonyl (C=O) groups is 1. The molecule has 38 heavy (non-hydrogen) atoms. The molecule has 0 atom stereocenters. The van der Waals surface area contributed by atoms with E-state index < -0.39 is 13.9 Å². The molecule has 206 valence electrons. The van der Waals surface area contributed by atoms with Crippen molar-refractivity contribution in [2.75, 3.05) is 11.9 Å². The van der Waals surface area contributed by atoms with Gasteiger partial charge in [-0.25, -0.2) is 4.79 Å². The van der Waals surface area contributed by atoms with Crippen molar-refractivity contribution in [2.45, 2.75) is 84.5 Å². The van der Waals surface area contributed by atoms with E-state index in [9.17, 15) is 4.79 Å². The summed E-state index contributed by atoms with van der Waals surface area (Å²) in [5.74, 6) is 0.967. The quantitative estimate of drug-likeness (QED) is 0.172. The van der Waals surface area contributed by atoms with Crippen LogP contribution in [-0.4, -0.2) is 51.3 Å². The number of benzene rings is 2. The summed E-state index contributed by atoms with van der Waals surface area (Å²) in [7, 11) is -1.69. The number of hydrogen-bond donors (Lipinski definition) is 2. The fourth-order valence-electron chi connectivity index (χ4n) is 3.91. The number of aromatic nitrogens is 2. The van der Waals surface area contributed by atoms with Gasteiger partial charge in [-0.1, -0.05) is 0 Å². The predicted octanol–water partition coefficient (Wildman–Crippen LogP) is 6.51. The molecule has 9 heteroatoms. The van der Waals surface area contributed by atoms with Crippen LogP contribution in [0.3, 0.4) is 0 Å². The average molecular weight is 602 g/mol. The van der Waals surface area contributed by atoms with E-state index in [1.807, 2.05) is 51.1 Å². The van der Waals surface area contributed by atoms with Gasteiger partial charge in [0, 0.05) is 0 Å². The van der Waals surface area contributed by atoms with E-state index in [-0.39, 0.29) is 20.6 Å². The maximum absolute atomic E-state index is 11.8. The zero-order valence-corrected chi connectivity index (χ0v) is 26.3. The first kappa shape index (κ1) is 29.9. The fraction of sp³-hybridized carbons (Fsp3) is 0.483. The Hall–Kier alpha value is -2.61. The molecule has 3 aromatic rings. The Morgan fingerprint density at radius 1 is 0.921 bits per heavy atom. The third kappa shape index (κ3) is 11.4. The van der Waals surface area contributed by atoms with Crippen molar-refractivity contribution in [2.24, 2.45) is 0 Å². The van der Waals surface area contributed by atoms with E-state index in [0.29, 0.717) is 6.54 Å². The molecule has 0 fully saturated rings. The maximum atomic E-state index is 11.8. The Balaban J connectivity index is 1.54. The summed E-state index contributed by atoms with van der Waals surface area (Å²) in [6, 6.07) is 16.7. The number of unbranched alkanes of at least 4 members (excludes halogenated alkanes) is 2. The number of alkyl carbamates (subject to hydrolysis) is 1. The molecule has 0 aliphatic carbocycles. The zero-order chi connectivity index (χ0) is 27.6. The van der Waals surface area contributed by atoms with Gasteiger partial charge in [-0.3, -0.25) is 0 Å². The standard InChI is InChI=1S/C29H42N4O3SeSi/c1-29(2,3)35-28(34)30-20-12-8-9-13-23-21-25(36-38(4,5)6)18-16-22(23)17-19-26-32-33-27(37-26)31-24-14-10-7-11-15-24/h7,10-11,14-16,18,21H,8-9,12-13,17,19-20H2,1-6H3,(H,30,34)(H,31,33). The van der Waals surface area contributed by atoms with E-state index in [0.717, 1.165) is 59.2 Å². The number of rotatable bonds is 13. The second-order valence-electron chi connectivity index (χ2n) is 11.4. The summed E-state index contributed by atoms with van der Waals surface area (Å²) in [4.78, 5) is 11.8. The molecule has 1 aromatic heterocycles. The molecule has 0 aliphatic heterocycles. The van der Waals surface area contributed by atoms with Crippen molar-refractivity contribution < 1.29 is 14.0 Å². The molecule has 0 saturated heterocycles. The zero-order valence-electron chi connectivity index (χ0n) is 23.6. The van der Waals surface area contributed by atoms with E-state index >= 15 is 0 Å². The van der Waals surface area contributed by atoms with Crippen molar-refractivity contribution >= 4 is 39.3 Å². The summed E-state index contributed by atoms with van der Waals surface area (Å²) in [5, 5.41) is 15.1. The fourth-order valence-corrected chi connectivity index (χ4v) is 6.34. The van der Waals surface area contributed by atoms with Crippen LogP contribution >= 0.6 is 0 Å². The number of nitrogens with zero attached hydrogens (tertiary/aromatic N) is 2. The van der Waals surface area contributed by atoms with Crippen LogP contribution in [0.25, 0.3) is 0 Å². The summed E-state index contributed by atoms with van der Waals surface area (Å²) in [5.41, 5.74) is 3.27. The van der Waals surface area contributed by atoms with Gasteiger partial charge in [-0.15, -0.1) is 0 Å². The van der Waals surface area contributed by atoms with Gasteiger partial charge in [0.1, 0.15) is 5.60 Å². The van der Waals surface area contributed by atoms with E-state index in [2.05, 4.69) is 58.7 Å². The molecule has 2 aromatic carbocycles. The number of carbonyl (C=O) groups excluding carboxylic acids is 1. The molecule has 3 rings (SSSR count). The Morgan fingerprint density at radius 2 is 1.68 bits per heavy atom. The SMILES string of the molecule is CC(C)(C)OC(=O)NCCCCCc1cc(O[Si](C)(C)C)ccc1CCc1nnc(Nc2ccccc2)[se]1. The van der Waals surface area contributed by atoms with Crippen LogP contribution < -0.4 is 15.1 Å². The average Bonchev–Trinajstić information content (AvgIpc) is 3.26. The second-order valence-corrected chi connectivity index (χ2v) is 18.0. The summed E-state index contributed by atoms with van der Waals surface area (Å²) in [6.45, 7) is 12.9. The molecule has 2 N–H and O–H groups in total. The molecule has 0 unspecified atom stereocenters. The van der Waals surface area contributed by atoms with Crippen LogP contribution in [0.15, 0.2) is 48.5 Å². The van der Waals surface area contributed by atoms with E-state index in [4.69, 9.17) is 9.16 Å². The molecule has 0 spiro atoms. The first-order valence-corrected chi connectivity index (χ1v) is 18.5. The molecule has 0 saturated carbocycles. The molecular weight excluding hydrogens is 559 g/mol. The first-order chi connectivity index (χ1) is 18.0. The Labute approximate surface area is 234 Å². The normalized spacial score (nSPS) is 11.7. The second kappa shape index (κ2) is 14.0. The summed E-state index contributed by atoms with van der Waals surface area (Å²) in [6.07, 6.45) is 5.50. The Bertz CT molecular complexity index is 1160. The molecule has 0 radical (unpaired) electrons. The van der Waals surface area contributed by atoms with E-state index in [1.54, 1.807) is 0 Å². The molecule has 7 nitrogen and oxygen atoms in total. The molecule has 0 bridgehead atoms. The minimum absolute atomic E-state index is 0.123. The predicted molar refractivity (Wildman–Crippen MR) is 158 cm³/mol. The van der Waals surface area contributed by atoms with Gasteiger partial charge < -0.3 is 4.74 Å². The third-order valence-electron chi connectivity index (χ3n) is 5.49. The third-order valence-corrected chi connectivity index (χ3v) is 8.23. The van der Waals surface area contributed by atoms with E-state index in [1.165, 1.54) is 11.1 Å². The van der Waals surface area contributed by atoms with Crippen molar-refractivity contribution in [3.05, 3.63) is 64.2 Å². The van der Waals surface area contributed by atoms with Crippen LogP contribution in [0.5, 0.6) is 5.75 Å². The number of amides is 1. The van der Waals surface area contributed by atoms with Gasteiger partial charge in [0.15, 0.2) is 0 Å². The monoisotopic (exact) mass is 602 g/mol. The van der Waals surface area contributed by atoms with Crippen molar-refractivity contribution in [3.8, 4) is 5.75 Å². The summed E-state index contributed by atoms with van der Waals surface area (Å²) < 4.78 is 13.7. The van der Waals surface area contributed by atoms with Gasteiger partial charge >= 0.3 is 199 Å². The number of nitrogens with one attached hydrogen (secondary N) is 2. The molecular formula is C29H42N4O3SeSi. The number of aryl methyl sites for hydroxylation is 3. The topological polar surface area (TPSA) is 85.4 Å². The number of anilines is 2. The molecule has 0 aliphatic rings. The minimum atomic E-state index is -1.69. The van der Waals surface area contributed by atoms with Gasteiger partial charge in [0.2, 0.25) is 0 Å². The van der Waals surface area contributed by atoms with Gasteiger partial charge in [0.05, 0.1) is 0 Å². The van der Waals surface area contributed by atoms with Crippen molar-refractivity contribution in [1.29, 1.82) is 0 Å². The number of hydrogen-bond acceptors (Lipinski definition) is 6. The first-order valence-electron chi connectivity index (χ1n) is 13.4. The van der Waals surface area contributed by atoms with Crippen LogP contribution in [0.4, 0.5) is 15.2 Å². The summed E-state index contributed by atoms with van der Waals surface area (Å²) >= 11 is 0.123. The van der Waals surface area contributed by atoms with Crippen LogP contribution in [0, 0.1) is 0 Å². The molecule has 1 amide bonds. The van der Waals surface area contributed by atoms with Crippen LogP contribution in [0.2, 0.25) is 19.6 Å². The van der Waals surface area contributed by atoms with Crippen molar-refractivity contribution in [1.82, 2.24) is 15.5 Å². The van der Waals surface area contributed by atoms with Gasteiger partial charge in [-0.05, 0) is 20.8 Å². The van der Waals surface area contributed by atoms with Crippen molar-refractivity contribution in [3.63, 3.8) is 0 Å². The van der Waals surface area contributed by atoms with Gasteiger partial charge in [0.25, 0.3) is 0 Å². The number of para-hydroxylation sites is 1. The molecule has 1 heterocycles. The van der Waals surface area contributed by atoms with Crippen LogP contribution in [0.1, 0.15) is 55.7 Å². The Kier molecular flexibility index (Phi) is 11.0.